The highest BCUT2D eigenvalue weighted by molar-refractivity contribution is 9.10. The van der Waals surface area contributed by atoms with Crippen molar-refractivity contribution in [2.75, 3.05) is 5.32 Å². The van der Waals surface area contributed by atoms with Gasteiger partial charge in [-0.05, 0) is 53.9 Å². The van der Waals surface area contributed by atoms with Crippen LogP contribution >= 0.6 is 27.3 Å². The van der Waals surface area contributed by atoms with Crippen molar-refractivity contribution in [2.24, 2.45) is 0 Å². The molecule has 1 N–H and O–H groups in total. The van der Waals surface area contributed by atoms with Crippen LogP contribution in [0.1, 0.15) is 21.5 Å². The number of carbonyl (C=O) groups is 1. The van der Waals surface area contributed by atoms with Gasteiger partial charge >= 0.3 is 0 Å². The summed E-state index contributed by atoms with van der Waals surface area (Å²) in [4.78, 5) is 17.4. The Morgan fingerprint density at radius 2 is 1.84 bits per heavy atom. The largest absolute Gasteiger partial charge is 0.298 e. The van der Waals surface area contributed by atoms with Crippen molar-refractivity contribution >= 4 is 59.3 Å². The van der Waals surface area contributed by atoms with Crippen molar-refractivity contribution < 1.29 is 4.79 Å². The predicted octanol–water partition coefficient (Wildman–Crippen LogP) is 6.08. The van der Waals surface area contributed by atoms with Crippen LogP contribution in [-0.4, -0.2) is 10.9 Å². The van der Waals surface area contributed by atoms with Crippen molar-refractivity contribution in [1.29, 1.82) is 0 Å². The van der Waals surface area contributed by atoms with Crippen molar-refractivity contribution in [2.45, 2.75) is 13.8 Å². The number of nitrogens with zero attached hydrogens (tertiary/aromatic N) is 1. The van der Waals surface area contributed by atoms with Crippen LogP contribution in [0.15, 0.2) is 53.0 Å². The zero-order valence-corrected chi connectivity index (χ0v) is 16.2. The van der Waals surface area contributed by atoms with E-state index in [-0.39, 0.29) is 5.91 Å². The molecule has 0 fully saturated rings. The second kappa shape index (κ2) is 6.24. The van der Waals surface area contributed by atoms with Crippen LogP contribution in [0.5, 0.6) is 0 Å². The summed E-state index contributed by atoms with van der Waals surface area (Å²) in [6.07, 6.45) is 0. The standard InChI is InChI=1S/C20H15BrN2OS/c1-11-9-12(2)18-17(10-11)25-20(22-18)23-19(24)15-7-3-6-14-13(15)5-4-8-16(14)21/h3-10H,1-2H3,(H,22,23,24). The Balaban J connectivity index is 1.74. The van der Waals surface area contributed by atoms with Gasteiger partial charge < -0.3 is 0 Å². The Morgan fingerprint density at radius 3 is 2.68 bits per heavy atom. The van der Waals surface area contributed by atoms with E-state index in [0.717, 1.165) is 31.0 Å². The van der Waals surface area contributed by atoms with Gasteiger partial charge in [0.1, 0.15) is 0 Å². The highest BCUT2D eigenvalue weighted by Crippen LogP contribution is 2.31. The molecule has 1 aromatic heterocycles. The van der Waals surface area contributed by atoms with Crippen molar-refractivity contribution in [1.82, 2.24) is 4.98 Å². The summed E-state index contributed by atoms with van der Waals surface area (Å²) in [5, 5.41) is 5.52. The number of hydrogen-bond acceptors (Lipinski definition) is 3. The first-order valence-electron chi connectivity index (χ1n) is 7.89. The zero-order chi connectivity index (χ0) is 17.6. The SMILES string of the molecule is Cc1cc(C)c2nc(NC(=O)c3cccc4c(Br)cccc34)sc2c1. The molecule has 4 aromatic rings. The second-order valence-electron chi connectivity index (χ2n) is 6.04. The second-order valence-corrected chi connectivity index (χ2v) is 7.93. The minimum Gasteiger partial charge on any atom is -0.298 e. The fraction of sp³-hybridized carbons (Fsp3) is 0.100. The molecular weight excluding hydrogens is 396 g/mol. The van der Waals surface area contributed by atoms with Gasteiger partial charge in [-0.25, -0.2) is 4.98 Å². The van der Waals surface area contributed by atoms with Gasteiger partial charge in [-0.15, -0.1) is 0 Å². The molecular formula is C20H15BrN2OS. The number of fused-ring (bicyclic) bond motifs is 2. The molecule has 0 aliphatic rings. The number of rotatable bonds is 2. The van der Waals surface area contributed by atoms with Crippen LogP contribution in [0, 0.1) is 13.8 Å². The topological polar surface area (TPSA) is 42.0 Å². The van der Waals surface area contributed by atoms with Crippen LogP contribution < -0.4 is 5.32 Å². The fourth-order valence-electron chi connectivity index (χ4n) is 3.06. The summed E-state index contributed by atoms with van der Waals surface area (Å²) >= 11 is 5.05. The normalized spacial score (nSPS) is 11.2. The number of aromatic nitrogens is 1. The summed E-state index contributed by atoms with van der Waals surface area (Å²) in [5.41, 5.74) is 3.92. The van der Waals surface area contributed by atoms with Crippen molar-refractivity contribution in [3.8, 4) is 0 Å². The van der Waals surface area contributed by atoms with E-state index >= 15 is 0 Å². The van der Waals surface area contributed by atoms with Gasteiger partial charge in [-0.2, -0.15) is 0 Å². The highest BCUT2D eigenvalue weighted by Gasteiger charge is 2.14. The van der Waals surface area contributed by atoms with Gasteiger partial charge in [0, 0.05) is 10.0 Å². The minimum atomic E-state index is -0.142. The number of nitrogens with one attached hydrogen (secondary N) is 1. The Hall–Kier alpha value is -2.24. The third-order valence-corrected chi connectivity index (χ3v) is 5.77. The molecule has 0 radical (unpaired) electrons. The van der Waals surface area contributed by atoms with E-state index in [0.29, 0.717) is 10.7 Å². The molecule has 5 heteroatoms. The molecule has 124 valence electrons. The molecule has 0 spiro atoms. The number of thiazole rings is 1. The molecule has 0 aliphatic heterocycles. The molecule has 0 unspecified atom stereocenters. The third kappa shape index (κ3) is 2.94. The first kappa shape index (κ1) is 16.2. The van der Waals surface area contributed by atoms with Gasteiger partial charge in [0.15, 0.2) is 5.13 Å². The van der Waals surface area contributed by atoms with Gasteiger partial charge in [0.25, 0.3) is 5.91 Å². The van der Waals surface area contributed by atoms with E-state index in [2.05, 4.69) is 45.3 Å². The van der Waals surface area contributed by atoms with E-state index in [9.17, 15) is 4.79 Å². The predicted molar refractivity (Wildman–Crippen MR) is 109 cm³/mol. The number of hydrogen-bond donors (Lipinski definition) is 1. The van der Waals surface area contributed by atoms with E-state index < -0.39 is 0 Å². The first-order chi connectivity index (χ1) is 12.0. The number of benzene rings is 3. The van der Waals surface area contributed by atoms with Gasteiger partial charge in [-0.1, -0.05) is 57.6 Å². The first-order valence-corrected chi connectivity index (χ1v) is 9.50. The lowest BCUT2D eigenvalue weighted by Crippen LogP contribution is -2.12. The average molecular weight is 411 g/mol. The maximum Gasteiger partial charge on any atom is 0.258 e. The van der Waals surface area contributed by atoms with Crippen LogP contribution in [0.2, 0.25) is 0 Å². The molecule has 4 rings (SSSR count). The molecule has 0 saturated carbocycles. The molecule has 3 aromatic carbocycles. The highest BCUT2D eigenvalue weighted by atomic mass is 79.9. The number of carbonyl (C=O) groups excluding carboxylic acids is 1. The Labute approximate surface area is 157 Å². The number of halogens is 1. The molecule has 1 amide bonds. The summed E-state index contributed by atoms with van der Waals surface area (Å²) in [6.45, 7) is 4.11. The Morgan fingerprint density at radius 1 is 1.08 bits per heavy atom. The molecule has 0 saturated heterocycles. The lowest BCUT2D eigenvalue weighted by atomic mass is 10.0. The fourth-order valence-corrected chi connectivity index (χ4v) is 4.59. The number of amides is 1. The van der Waals surface area contributed by atoms with E-state index in [1.807, 2.05) is 43.3 Å². The van der Waals surface area contributed by atoms with Gasteiger partial charge in [0.05, 0.1) is 10.2 Å². The average Bonchev–Trinajstić information content (AvgIpc) is 2.97. The van der Waals surface area contributed by atoms with E-state index in [1.54, 1.807) is 0 Å². The third-order valence-electron chi connectivity index (χ3n) is 4.16. The molecule has 0 bridgehead atoms. The zero-order valence-electron chi connectivity index (χ0n) is 13.8. The van der Waals surface area contributed by atoms with Crippen molar-refractivity contribution in [3.05, 3.63) is 69.7 Å². The quantitative estimate of drug-likeness (QED) is 0.434. The molecule has 1 heterocycles. The molecule has 3 nitrogen and oxygen atoms in total. The maximum atomic E-state index is 12.8. The summed E-state index contributed by atoms with van der Waals surface area (Å²) in [5.74, 6) is -0.142. The smallest absolute Gasteiger partial charge is 0.258 e. The Bertz CT molecular complexity index is 1130. The minimum absolute atomic E-state index is 0.142. The van der Waals surface area contributed by atoms with Crippen LogP contribution in [0.25, 0.3) is 21.0 Å². The van der Waals surface area contributed by atoms with Crippen molar-refractivity contribution in [3.63, 3.8) is 0 Å². The van der Waals surface area contributed by atoms with E-state index in [4.69, 9.17) is 0 Å². The summed E-state index contributed by atoms with van der Waals surface area (Å²) in [6, 6.07) is 15.8. The molecule has 0 aliphatic carbocycles. The van der Waals surface area contributed by atoms with Crippen LogP contribution in [0.4, 0.5) is 5.13 Å². The maximum absolute atomic E-state index is 12.8. The molecule has 0 atom stereocenters. The Kier molecular flexibility index (Phi) is 4.06. The lowest BCUT2D eigenvalue weighted by molar-refractivity contribution is 0.102. The molecule has 25 heavy (non-hydrogen) atoms. The van der Waals surface area contributed by atoms with E-state index in [1.165, 1.54) is 16.9 Å². The van der Waals surface area contributed by atoms with Gasteiger partial charge in [-0.3, -0.25) is 10.1 Å². The van der Waals surface area contributed by atoms with Gasteiger partial charge in [0.2, 0.25) is 0 Å². The van der Waals surface area contributed by atoms with Crippen LogP contribution in [0.3, 0.4) is 0 Å². The summed E-state index contributed by atoms with van der Waals surface area (Å²) < 4.78 is 2.07. The number of aryl methyl sites for hydroxylation is 2. The summed E-state index contributed by atoms with van der Waals surface area (Å²) in [7, 11) is 0. The monoisotopic (exact) mass is 410 g/mol. The number of anilines is 1. The lowest BCUT2D eigenvalue weighted by Gasteiger charge is -2.07. The van der Waals surface area contributed by atoms with Crippen LogP contribution in [-0.2, 0) is 0 Å².